The molecule has 0 aliphatic carbocycles. The van der Waals surface area contributed by atoms with Gasteiger partial charge in [-0.3, -0.25) is 4.79 Å². The van der Waals surface area contributed by atoms with Crippen molar-refractivity contribution in [3.05, 3.63) is 29.6 Å². The van der Waals surface area contributed by atoms with Crippen LogP contribution in [0.2, 0.25) is 0 Å². The number of benzene rings is 1. The van der Waals surface area contributed by atoms with E-state index in [1.165, 1.54) is 25.3 Å². The highest BCUT2D eigenvalue weighted by Crippen LogP contribution is 2.19. The van der Waals surface area contributed by atoms with Gasteiger partial charge < -0.3 is 15.0 Å². The summed E-state index contributed by atoms with van der Waals surface area (Å²) in [6, 6.07) is 3.96. The van der Waals surface area contributed by atoms with E-state index in [1.807, 2.05) is 0 Å². The zero-order chi connectivity index (χ0) is 14.5. The third kappa shape index (κ3) is 3.70. The van der Waals surface area contributed by atoms with Gasteiger partial charge in [0.05, 0.1) is 12.7 Å². The van der Waals surface area contributed by atoms with Crippen molar-refractivity contribution in [1.82, 2.24) is 10.2 Å². The molecule has 0 bridgehead atoms. The molecule has 0 aromatic heterocycles. The summed E-state index contributed by atoms with van der Waals surface area (Å²) in [5, 5.41) is 2.88. The molecular weight excluding hydrogens is 259 g/mol. The number of carbonyl (C=O) groups excluding carboxylic acids is 1. The van der Waals surface area contributed by atoms with E-state index in [4.69, 9.17) is 4.74 Å². The highest BCUT2D eigenvalue weighted by molar-refractivity contribution is 5.96. The maximum absolute atomic E-state index is 13.2. The Balaban J connectivity index is 1.96. The monoisotopic (exact) mass is 280 g/mol. The van der Waals surface area contributed by atoms with Crippen LogP contribution in [0.1, 0.15) is 23.2 Å². The van der Waals surface area contributed by atoms with Gasteiger partial charge in [-0.1, -0.05) is 0 Å². The Labute approximate surface area is 118 Å². The predicted octanol–water partition coefficient (Wildman–Crippen LogP) is 1.91. The molecule has 1 aromatic carbocycles. The van der Waals surface area contributed by atoms with Crippen LogP contribution in [0, 0.1) is 11.7 Å². The van der Waals surface area contributed by atoms with Gasteiger partial charge in [-0.05, 0) is 50.6 Å². The second-order valence-electron chi connectivity index (χ2n) is 5.33. The van der Waals surface area contributed by atoms with Crippen molar-refractivity contribution in [1.29, 1.82) is 0 Å². The summed E-state index contributed by atoms with van der Waals surface area (Å²) in [4.78, 5) is 14.4. The molecule has 1 atom stereocenters. The molecule has 2 rings (SSSR count). The standard InChI is InChI=1S/C15H21FN2O2/c1-18-7-3-4-11(10-18)9-17-15(19)13-8-12(16)5-6-14(13)20-2/h5-6,8,11H,3-4,7,9-10H2,1-2H3,(H,17,19)/t11-/m0/s1. The van der Waals surface area contributed by atoms with Gasteiger partial charge in [0.25, 0.3) is 5.91 Å². The molecule has 1 fully saturated rings. The number of halogens is 1. The van der Waals surface area contributed by atoms with Crippen molar-refractivity contribution in [2.45, 2.75) is 12.8 Å². The Bertz CT molecular complexity index is 479. The molecule has 0 saturated carbocycles. The maximum atomic E-state index is 13.2. The molecule has 20 heavy (non-hydrogen) atoms. The lowest BCUT2D eigenvalue weighted by atomic mass is 9.98. The average molecular weight is 280 g/mol. The number of carbonyl (C=O) groups is 1. The molecule has 110 valence electrons. The lowest BCUT2D eigenvalue weighted by Crippen LogP contribution is -2.39. The number of nitrogens with zero attached hydrogens (tertiary/aromatic N) is 1. The minimum Gasteiger partial charge on any atom is -0.496 e. The maximum Gasteiger partial charge on any atom is 0.255 e. The van der Waals surface area contributed by atoms with Crippen LogP contribution in [-0.4, -0.2) is 44.6 Å². The molecule has 1 heterocycles. The summed E-state index contributed by atoms with van der Waals surface area (Å²) < 4.78 is 18.3. The first-order valence-electron chi connectivity index (χ1n) is 6.90. The van der Waals surface area contributed by atoms with Gasteiger partial charge in [0.2, 0.25) is 0 Å². The zero-order valence-electron chi connectivity index (χ0n) is 12.0. The Hall–Kier alpha value is -1.62. The van der Waals surface area contributed by atoms with Gasteiger partial charge >= 0.3 is 0 Å². The summed E-state index contributed by atoms with van der Waals surface area (Å²) in [5.41, 5.74) is 0.247. The number of hydrogen-bond acceptors (Lipinski definition) is 3. The number of ether oxygens (including phenoxy) is 1. The van der Waals surface area contributed by atoms with Crippen LogP contribution in [0.15, 0.2) is 18.2 Å². The van der Waals surface area contributed by atoms with Gasteiger partial charge in [0, 0.05) is 13.1 Å². The van der Waals surface area contributed by atoms with Crippen molar-refractivity contribution in [3.63, 3.8) is 0 Å². The Morgan fingerprint density at radius 2 is 2.35 bits per heavy atom. The predicted molar refractivity (Wildman–Crippen MR) is 75.5 cm³/mol. The second kappa shape index (κ2) is 6.70. The van der Waals surface area contributed by atoms with Gasteiger partial charge in [0.15, 0.2) is 0 Å². The SMILES string of the molecule is COc1ccc(F)cc1C(=O)NC[C@@H]1CCCN(C)C1. The minimum atomic E-state index is -0.437. The average Bonchev–Trinajstić information content (AvgIpc) is 2.45. The van der Waals surface area contributed by atoms with E-state index in [1.54, 1.807) is 0 Å². The third-order valence-corrected chi connectivity index (χ3v) is 3.68. The number of likely N-dealkylation sites (tertiary alicyclic amines) is 1. The number of amides is 1. The van der Waals surface area contributed by atoms with E-state index in [0.29, 0.717) is 18.2 Å². The van der Waals surface area contributed by atoms with Crippen LogP contribution in [0.4, 0.5) is 4.39 Å². The summed E-state index contributed by atoms with van der Waals surface area (Å²) in [6.07, 6.45) is 2.27. The van der Waals surface area contributed by atoms with Gasteiger partial charge in [-0.2, -0.15) is 0 Å². The number of rotatable bonds is 4. The smallest absolute Gasteiger partial charge is 0.255 e. The van der Waals surface area contributed by atoms with Crippen LogP contribution in [0.5, 0.6) is 5.75 Å². The van der Waals surface area contributed by atoms with Crippen molar-refractivity contribution < 1.29 is 13.9 Å². The lowest BCUT2D eigenvalue weighted by Gasteiger charge is -2.29. The fourth-order valence-corrected chi connectivity index (χ4v) is 2.63. The van der Waals surface area contributed by atoms with Crippen molar-refractivity contribution in [2.75, 3.05) is 33.8 Å². The lowest BCUT2D eigenvalue weighted by molar-refractivity contribution is 0.0933. The van der Waals surface area contributed by atoms with E-state index < -0.39 is 5.82 Å². The van der Waals surface area contributed by atoms with E-state index in [0.717, 1.165) is 25.9 Å². The molecule has 1 N–H and O–H groups in total. The molecule has 0 unspecified atom stereocenters. The van der Waals surface area contributed by atoms with Crippen LogP contribution >= 0.6 is 0 Å². The molecule has 0 radical (unpaired) electrons. The van der Waals surface area contributed by atoms with Crippen LogP contribution < -0.4 is 10.1 Å². The normalized spacial score (nSPS) is 19.6. The fraction of sp³-hybridized carbons (Fsp3) is 0.533. The van der Waals surface area contributed by atoms with Crippen LogP contribution in [-0.2, 0) is 0 Å². The molecular formula is C15H21FN2O2. The quantitative estimate of drug-likeness (QED) is 0.916. The number of methoxy groups -OCH3 is 1. The first-order chi connectivity index (χ1) is 9.60. The van der Waals surface area contributed by atoms with E-state index >= 15 is 0 Å². The second-order valence-corrected chi connectivity index (χ2v) is 5.33. The minimum absolute atomic E-state index is 0.247. The summed E-state index contributed by atoms with van der Waals surface area (Å²) in [7, 11) is 3.56. The number of piperidine rings is 1. The van der Waals surface area contributed by atoms with Gasteiger partial charge in [-0.25, -0.2) is 4.39 Å². The van der Waals surface area contributed by atoms with Crippen molar-refractivity contribution in [3.8, 4) is 5.75 Å². The molecule has 5 heteroatoms. The first-order valence-corrected chi connectivity index (χ1v) is 6.90. The van der Waals surface area contributed by atoms with Gasteiger partial charge in [0.1, 0.15) is 11.6 Å². The molecule has 1 aliphatic rings. The Kier molecular flexibility index (Phi) is 4.95. The molecule has 1 amide bonds. The fourth-order valence-electron chi connectivity index (χ4n) is 2.63. The van der Waals surface area contributed by atoms with Crippen molar-refractivity contribution >= 4 is 5.91 Å². The van der Waals surface area contributed by atoms with E-state index in [-0.39, 0.29) is 11.5 Å². The van der Waals surface area contributed by atoms with Crippen LogP contribution in [0.25, 0.3) is 0 Å². The number of hydrogen-bond donors (Lipinski definition) is 1. The third-order valence-electron chi connectivity index (χ3n) is 3.68. The Morgan fingerprint density at radius 1 is 1.55 bits per heavy atom. The zero-order valence-corrected chi connectivity index (χ0v) is 12.0. The molecule has 1 aliphatic heterocycles. The largest absolute Gasteiger partial charge is 0.496 e. The summed E-state index contributed by atoms with van der Waals surface area (Å²) in [5.74, 6) is 0.129. The number of nitrogens with one attached hydrogen (secondary N) is 1. The van der Waals surface area contributed by atoms with Crippen molar-refractivity contribution in [2.24, 2.45) is 5.92 Å². The molecule has 1 aromatic rings. The molecule has 0 spiro atoms. The molecule has 1 saturated heterocycles. The van der Waals surface area contributed by atoms with Crippen LogP contribution in [0.3, 0.4) is 0 Å². The first kappa shape index (κ1) is 14.8. The van der Waals surface area contributed by atoms with Gasteiger partial charge in [-0.15, -0.1) is 0 Å². The molecule has 4 nitrogen and oxygen atoms in total. The highest BCUT2D eigenvalue weighted by Gasteiger charge is 2.19. The van der Waals surface area contributed by atoms with E-state index in [2.05, 4.69) is 17.3 Å². The topological polar surface area (TPSA) is 41.6 Å². The summed E-state index contributed by atoms with van der Waals surface area (Å²) in [6.45, 7) is 2.71. The highest BCUT2D eigenvalue weighted by atomic mass is 19.1. The Morgan fingerprint density at radius 3 is 3.05 bits per heavy atom. The van der Waals surface area contributed by atoms with E-state index in [9.17, 15) is 9.18 Å². The summed E-state index contributed by atoms with van der Waals surface area (Å²) >= 11 is 0.